The maximum atomic E-state index is 12.0. The third kappa shape index (κ3) is 4.48. The Labute approximate surface area is 151 Å². The van der Waals surface area contributed by atoms with Gasteiger partial charge in [0.2, 0.25) is 0 Å². The zero-order valence-corrected chi connectivity index (χ0v) is 15.2. The summed E-state index contributed by atoms with van der Waals surface area (Å²) in [7, 11) is 0. The van der Waals surface area contributed by atoms with Gasteiger partial charge < -0.3 is 15.0 Å². The van der Waals surface area contributed by atoms with Gasteiger partial charge in [-0.15, -0.1) is 11.3 Å². The zero-order valence-electron chi connectivity index (χ0n) is 14.3. The van der Waals surface area contributed by atoms with Gasteiger partial charge >= 0.3 is 0 Å². The lowest BCUT2D eigenvalue weighted by Crippen LogP contribution is -2.30. The number of thiophene rings is 1. The lowest BCUT2D eigenvalue weighted by Gasteiger charge is -2.09. The minimum atomic E-state index is -0.129. The lowest BCUT2D eigenvalue weighted by molar-refractivity contribution is -0.123. The number of rotatable bonds is 7. The summed E-state index contributed by atoms with van der Waals surface area (Å²) in [6, 6.07) is 9.87. The van der Waals surface area contributed by atoms with Crippen molar-refractivity contribution < 1.29 is 9.53 Å². The fraction of sp³-hybridized carbons (Fsp3) is 0.263. The molecule has 0 spiro atoms. The molecule has 6 heteroatoms. The van der Waals surface area contributed by atoms with E-state index >= 15 is 0 Å². The molecule has 130 valence electrons. The summed E-state index contributed by atoms with van der Waals surface area (Å²) < 4.78 is 5.54. The minimum absolute atomic E-state index is 0.0171. The molecule has 3 rings (SSSR count). The molecule has 0 aliphatic heterocycles. The maximum absolute atomic E-state index is 12.0. The largest absolute Gasteiger partial charge is 0.484 e. The van der Waals surface area contributed by atoms with Gasteiger partial charge in [-0.3, -0.25) is 4.79 Å². The fourth-order valence-electron chi connectivity index (χ4n) is 2.47. The Morgan fingerprint density at radius 2 is 2.16 bits per heavy atom. The number of carbonyl (C=O) groups excluding carboxylic acids is 1. The predicted molar refractivity (Wildman–Crippen MR) is 100 cm³/mol. The molecule has 0 atom stereocenters. The number of ether oxygens (including phenoxy) is 1. The minimum Gasteiger partial charge on any atom is -0.484 e. The molecule has 1 aromatic carbocycles. The van der Waals surface area contributed by atoms with E-state index in [0.29, 0.717) is 18.7 Å². The maximum Gasteiger partial charge on any atom is 0.257 e. The van der Waals surface area contributed by atoms with Crippen LogP contribution >= 0.6 is 11.3 Å². The molecular formula is C19H21N3O2S. The number of amides is 1. The van der Waals surface area contributed by atoms with Gasteiger partial charge in [-0.25, -0.2) is 4.98 Å². The van der Waals surface area contributed by atoms with Crippen LogP contribution in [-0.4, -0.2) is 29.0 Å². The van der Waals surface area contributed by atoms with Crippen molar-refractivity contribution in [2.24, 2.45) is 0 Å². The molecule has 0 saturated heterocycles. The van der Waals surface area contributed by atoms with Crippen molar-refractivity contribution in [2.75, 3.05) is 13.2 Å². The quantitative estimate of drug-likeness (QED) is 0.682. The Bertz CT molecular complexity index is 840. The van der Waals surface area contributed by atoms with E-state index in [2.05, 4.69) is 15.3 Å². The van der Waals surface area contributed by atoms with E-state index in [9.17, 15) is 4.79 Å². The number of hydrogen-bond donors (Lipinski definition) is 2. The molecule has 2 heterocycles. The number of aryl methyl sites for hydroxylation is 2. The number of benzene rings is 1. The second kappa shape index (κ2) is 7.98. The summed E-state index contributed by atoms with van der Waals surface area (Å²) in [6.45, 7) is 4.63. The molecule has 0 aliphatic carbocycles. The number of aromatic amines is 1. The summed E-state index contributed by atoms with van der Waals surface area (Å²) in [5.41, 5.74) is 4.34. The van der Waals surface area contributed by atoms with Crippen molar-refractivity contribution in [3.8, 4) is 16.3 Å². The number of nitrogens with zero attached hydrogens (tertiary/aromatic N) is 1. The summed E-state index contributed by atoms with van der Waals surface area (Å²) in [5, 5.41) is 4.91. The number of nitrogens with one attached hydrogen (secondary N) is 2. The average molecular weight is 355 g/mol. The van der Waals surface area contributed by atoms with E-state index in [0.717, 1.165) is 21.8 Å². The highest BCUT2D eigenvalue weighted by Crippen LogP contribution is 2.25. The van der Waals surface area contributed by atoms with Crippen LogP contribution in [0.3, 0.4) is 0 Å². The average Bonchev–Trinajstić information content (AvgIpc) is 3.27. The Balaban J connectivity index is 1.45. The van der Waals surface area contributed by atoms with E-state index in [1.54, 1.807) is 17.7 Å². The Kier molecular flexibility index (Phi) is 5.50. The van der Waals surface area contributed by atoms with E-state index < -0.39 is 0 Å². The van der Waals surface area contributed by atoms with Crippen molar-refractivity contribution in [2.45, 2.75) is 20.3 Å². The van der Waals surface area contributed by atoms with Crippen molar-refractivity contribution in [1.29, 1.82) is 0 Å². The van der Waals surface area contributed by atoms with Gasteiger partial charge in [0.15, 0.2) is 6.61 Å². The van der Waals surface area contributed by atoms with Crippen LogP contribution in [-0.2, 0) is 11.2 Å². The summed E-state index contributed by atoms with van der Waals surface area (Å²) in [5.74, 6) is 0.585. The molecule has 0 bridgehead atoms. The molecule has 5 nitrogen and oxygen atoms in total. The lowest BCUT2D eigenvalue weighted by atomic mass is 10.1. The fourth-order valence-corrected chi connectivity index (χ4v) is 3.22. The highest BCUT2D eigenvalue weighted by atomic mass is 32.1. The molecule has 2 aromatic heterocycles. The smallest absolute Gasteiger partial charge is 0.257 e. The van der Waals surface area contributed by atoms with Crippen LogP contribution in [0.1, 0.15) is 16.8 Å². The van der Waals surface area contributed by atoms with Crippen LogP contribution in [0.15, 0.2) is 42.0 Å². The second-order valence-corrected chi connectivity index (χ2v) is 6.79. The van der Waals surface area contributed by atoms with E-state index in [4.69, 9.17) is 4.74 Å². The van der Waals surface area contributed by atoms with E-state index in [1.165, 1.54) is 5.56 Å². The second-order valence-electron chi connectivity index (χ2n) is 5.84. The van der Waals surface area contributed by atoms with Crippen molar-refractivity contribution in [1.82, 2.24) is 15.3 Å². The van der Waals surface area contributed by atoms with Gasteiger partial charge in [0.05, 0.1) is 11.2 Å². The molecule has 0 fully saturated rings. The van der Waals surface area contributed by atoms with Gasteiger partial charge in [0.25, 0.3) is 5.91 Å². The van der Waals surface area contributed by atoms with Gasteiger partial charge in [0, 0.05) is 18.7 Å². The van der Waals surface area contributed by atoms with Crippen molar-refractivity contribution in [3.63, 3.8) is 0 Å². The first kappa shape index (κ1) is 17.2. The molecule has 25 heavy (non-hydrogen) atoms. The number of aromatic nitrogens is 2. The van der Waals surface area contributed by atoms with Crippen LogP contribution in [0.25, 0.3) is 10.6 Å². The molecule has 2 N–H and O–H groups in total. The predicted octanol–water partition coefficient (Wildman–Crippen LogP) is 3.49. The van der Waals surface area contributed by atoms with Crippen LogP contribution in [0, 0.1) is 13.8 Å². The summed E-state index contributed by atoms with van der Waals surface area (Å²) in [6.07, 6.45) is 2.39. The monoisotopic (exact) mass is 355 g/mol. The van der Waals surface area contributed by atoms with Gasteiger partial charge in [-0.1, -0.05) is 12.1 Å². The standard InChI is InChI=1S/C19H21N3O2S/c1-13-5-6-15(10-14(13)2)24-11-18(23)20-8-7-16-19(22-12-21-16)17-4-3-9-25-17/h3-6,9-10,12H,7-8,11H2,1-2H3,(H,20,23)(H,21,22). The SMILES string of the molecule is Cc1ccc(OCC(=O)NCCc2[nH]cnc2-c2cccs2)cc1C. The zero-order chi connectivity index (χ0) is 17.6. The van der Waals surface area contributed by atoms with Crippen molar-refractivity contribution in [3.05, 3.63) is 58.9 Å². The van der Waals surface area contributed by atoms with E-state index in [-0.39, 0.29) is 12.5 Å². The normalized spacial score (nSPS) is 10.6. The highest BCUT2D eigenvalue weighted by Gasteiger charge is 2.10. The third-order valence-electron chi connectivity index (χ3n) is 4.02. The molecular weight excluding hydrogens is 334 g/mol. The number of H-pyrrole nitrogens is 1. The Morgan fingerprint density at radius 1 is 1.28 bits per heavy atom. The van der Waals surface area contributed by atoms with Gasteiger partial charge in [-0.2, -0.15) is 0 Å². The first-order valence-corrected chi connectivity index (χ1v) is 9.04. The molecule has 3 aromatic rings. The molecule has 1 amide bonds. The molecule has 0 radical (unpaired) electrons. The number of carbonyl (C=O) groups is 1. The Hall–Kier alpha value is -2.60. The van der Waals surface area contributed by atoms with Crippen LogP contribution < -0.4 is 10.1 Å². The van der Waals surface area contributed by atoms with Gasteiger partial charge in [0.1, 0.15) is 11.4 Å². The van der Waals surface area contributed by atoms with Crippen LogP contribution in [0.5, 0.6) is 5.75 Å². The number of imidazole rings is 1. The summed E-state index contributed by atoms with van der Waals surface area (Å²) >= 11 is 1.65. The number of hydrogen-bond acceptors (Lipinski definition) is 4. The molecule has 0 aliphatic rings. The van der Waals surface area contributed by atoms with E-state index in [1.807, 2.05) is 49.6 Å². The van der Waals surface area contributed by atoms with Crippen molar-refractivity contribution >= 4 is 17.2 Å². The molecule has 0 saturated carbocycles. The van der Waals surface area contributed by atoms with Crippen LogP contribution in [0.2, 0.25) is 0 Å². The first-order valence-electron chi connectivity index (χ1n) is 8.16. The molecule has 0 unspecified atom stereocenters. The Morgan fingerprint density at radius 3 is 2.92 bits per heavy atom. The summed E-state index contributed by atoms with van der Waals surface area (Å²) in [4.78, 5) is 20.6. The van der Waals surface area contributed by atoms with Gasteiger partial charge in [-0.05, 0) is 48.6 Å². The topological polar surface area (TPSA) is 67.0 Å². The first-order chi connectivity index (χ1) is 12.1. The third-order valence-corrected chi connectivity index (χ3v) is 4.89. The highest BCUT2D eigenvalue weighted by molar-refractivity contribution is 7.13. The van der Waals surface area contributed by atoms with Crippen LogP contribution in [0.4, 0.5) is 0 Å².